The van der Waals surface area contributed by atoms with Crippen molar-refractivity contribution in [2.75, 3.05) is 25.3 Å². The summed E-state index contributed by atoms with van der Waals surface area (Å²) < 4.78 is 25.3. The van der Waals surface area contributed by atoms with Crippen molar-refractivity contribution in [3.05, 3.63) is 54.0 Å². The van der Waals surface area contributed by atoms with E-state index >= 15 is 0 Å². The van der Waals surface area contributed by atoms with E-state index in [9.17, 15) is 13.2 Å². The van der Waals surface area contributed by atoms with Gasteiger partial charge in [0.05, 0.1) is 5.52 Å². The number of carbonyl (C=O) groups is 1. The van der Waals surface area contributed by atoms with Gasteiger partial charge in [-0.2, -0.15) is 0 Å². The fourth-order valence-electron chi connectivity index (χ4n) is 2.67. The van der Waals surface area contributed by atoms with Gasteiger partial charge in [-0.1, -0.05) is 12.1 Å². The number of nitrogens with zero attached hydrogens (tertiary/aromatic N) is 4. The number of nitrogens with one attached hydrogen (secondary N) is 1. The SMILES string of the molecule is CN(C)c1ncccc1CNC(=O)c1nc(S(C)(=O)=O)n2ccccc12. The Morgan fingerprint density at radius 1 is 1.23 bits per heavy atom. The zero-order chi connectivity index (χ0) is 18.9. The van der Waals surface area contributed by atoms with Gasteiger partial charge in [0.1, 0.15) is 5.82 Å². The van der Waals surface area contributed by atoms with Gasteiger partial charge in [0.2, 0.25) is 15.0 Å². The van der Waals surface area contributed by atoms with E-state index in [4.69, 9.17) is 0 Å². The molecule has 0 fully saturated rings. The monoisotopic (exact) mass is 373 g/mol. The third-order valence-corrected chi connectivity index (χ3v) is 4.74. The lowest BCUT2D eigenvalue weighted by molar-refractivity contribution is 0.0948. The third-order valence-electron chi connectivity index (χ3n) is 3.79. The van der Waals surface area contributed by atoms with Crippen LogP contribution in [0.3, 0.4) is 0 Å². The van der Waals surface area contributed by atoms with E-state index in [1.807, 2.05) is 25.1 Å². The van der Waals surface area contributed by atoms with Gasteiger partial charge in [0, 0.05) is 44.9 Å². The lowest BCUT2D eigenvalue weighted by Crippen LogP contribution is -2.25. The van der Waals surface area contributed by atoms with E-state index in [0.717, 1.165) is 17.6 Å². The number of hydrogen-bond acceptors (Lipinski definition) is 6. The molecule has 0 bridgehead atoms. The summed E-state index contributed by atoms with van der Waals surface area (Å²) in [4.78, 5) is 22.9. The summed E-state index contributed by atoms with van der Waals surface area (Å²) in [7, 11) is 0.168. The Hall–Kier alpha value is -2.94. The number of hydrogen-bond donors (Lipinski definition) is 1. The van der Waals surface area contributed by atoms with Gasteiger partial charge >= 0.3 is 0 Å². The van der Waals surface area contributed by atoms with Gasteiger partial charge in [-0.05, 0) is 18.2 Å². The fraction of sp³-hybridized carbons (Fsp3) is 0.235. The molecule has 0 aromatic carbocycles. The molecule has 8 nitrogen and oxygen atoms in total. The van der Waals surface area contributed by atoms with Crippen molar-refractivity contribution < 1.29 is 13.2 Å². The van der Waals surface area contributed by atoms with Crippen molar-refractivity contribution in [3.8, 4) is 0 Å². The van der Waals surface area contributed by atoms with Crippen LogP contribution < -0.4 is 10.2 Å². The largest absolute Gasteiger partial charge is 0.362 e. The minimum Gasteiger partial charge on any atom is -0.362 e. The number of aromatic nitrogens is 3. The second-order valence-electron chi connectivity index (χ2n) is 6.03. The molecule has 0 spiro atoms. The first-order chi connectivity index (χ1) is 12.3. The number of anilines is 1. The molecule has 26 heavy (non-hydrogen) atoms. The van der Waals surface area contributed by atoms with Crippen molar-refractivity contribution in [2.24, 2.45) is 0 Å². The van der Waals surface area contributed by atoms with Crippen molar-refractivity contribution in [1.29, 1.82) is 0 Å². The van der Waals surface area contributed by atoms with Gasteiger partial charge in [-0.25, -0.2) is 18.4 Å². The Morgan fingerprint density at radius 3 is 2.69 bits per heavy atom. The summed E-state index contributed by atoms with van der Waals surface area (Å²) in [6.07, 6.45) is 4.32. The zero-order valence-corrected chi connectivity index (χ0v) is 15.5. The molecule has 0 radical (unpaired) electrons. The molecule has 0 atom stereocenters. The normalized spacial score (nSPS) is 11.5. The fourth-order valence-corrected chi connectivity index (χ4v) is 3.44. The van der Waals surface area contributed by atoms with Crippen molar-refractivity contribution in [3.63, 3.8) is 0 Å². The highest BCUT2D eigenvalue weighted by molar-refractivity contribution is 7.90. The molecule has 3 heterocycles. The molecule has 0 unspecified atom stereocenters. The number of sulfone groups is 1. The van der Waals surface area contributed by atoms with E-state index in [1.54, 1.807) is 36.7 Å². The molecule has 136 valence electrons. The highest BCUT2D eigenvalue weighted by Gasteiger charge is 2.22. The first kappa shape index (κ1) is 17.9. The van der Waals surface area contributed by atoms with Crippen LogP contribution >= 0.6 is 0 Å². The first-order valence-electron chi connectivity index (χ1n) is 7.85. The molecule has 3 rings (SSSR count). The molecule has 0 saturated heterocycles. The maximum atomic E-state index is 12.6. The summed E-state index contributed by atoms with van der Waals surface area (Å²) in [5, 5.41) is 2.63. The van der Waals surface area contributed by atoms with E-state index < -0.39 is 15.7 Å². The maximum absolute atomic E-state index is 12.6. The Morgan fingerprint density at radius 2 is 2.00 bits per heavy atom. The molecule has 1 N–H and O–H groups in total. The second-order valence-corrected chi connectivity index (χ2v) is 7.94. The summed E-state index contributed by atoms with van der Waals surface area (Å²) in [6.45, 7) is 0.250. The predicted octanol–water partition coefficient (Wildman–Crippen LogP) is 1.13. The summed E-state index contributed by atoms with van der Waals surface area (Å²) in [5.41, 5.74) is 1.35. The van der Waals surface area contributed by atoms with Gasteiger partial charge in [0.15, 0.2) is 5.69 Å². The number of carbonyl (C=O) groups excluding carboxylic acids is 1. The molecule has 0 aliphatic rings. The van der Waals surface area contributed by atoms with Crippen LogP contribution in [0.25, 0.3) is 5.52 Å². The number of imidazole rings is 1. The van der Waals surface area contributed by atoms with Gasteiger partial charge < -0.3 is 10.2 Å². The highest BCUT2D eigenvalue weighted by atomic mass is 32.2. The second kappa shape index (κ2) is 6.75. The number of pyridine rings is 2. The highest BCUT2D eigenvalue weighted by Crippen LogP contribution is 2.18. The number of amides is 1. The average molecular weight is 373 g/mol. The van der Waals surface area contributed by atoms with Crippen LogP contribution in [0.2, 0.25) is 0 Å². The Bertz CT molecular complexity index is 1070. The topological polar surface area (TPSA) is 96.7 Å². The summed E-state index contributed by atoms with van der Waals surface area (Å²) in [5.74, 6) is 0.302. The smallest absolute Gasteiger partial charge is 0.272 e. The van der Waals surface area contributed by atoms with Crippen molar-refractivity contribution >= 4 is 27.1 Å². The zero-order valence-electron chi connectivity index (χ0n) is 14.7. The van der Waals surface area contributed by atoms with E-state index in [1.165, 1.54) is 4.40 Å². The van der Waals surface area contributed by atoms with Crippen LogP contribution in [-0.2, 0) is 16.4 Å². The van der Waals surface area contributed by atoms with E-state index in [2.05, 4.69) is 15.3 Å². The summed E-state index contributed by atoms with van der Waals surface area (Å²) >= 11 is 0. The maximum Gasteiger partial charge on any atom is 0.272 e. The average Bonchev–Trinajstić information content (AvgIpc) is 3.00. The Kier molecular flexibility index (Phi) is 4.64. The standard InChI is InChI=1S/C17H19N5O3S/c1-21(2)15-12(7-6-9-18-15)11-19-16(23)14-13-8-4-5-10-22(13)17(20-14)26(3,24)25/h4-10H,11H2,1-3H3,(H,19,23). The van der Waals surface area contributed by atoms with E-state index in [0.29, 0.717) is 5.52 Å². The third kappa shape index (κ3) is 3.38. The van der Waals surface area contributed by atoms with Gasteiger partial charge in [0.25, 0.3) is 5.91 Å². The molecule has 9 heteroatoms. The van der Waals surface area contributed by atoms with Crippen molar-refractivity contribution in [1.82, 2.24) is 19.7 Å². The Labute approximate surface area is 151 Å². The molecule has 0 aliphatic carbocycles. The lowest BCUT2D eigenvalue weighted by Gasteiger charge is -2.15. The van der Waals surface area contributed by atoms with Gasteiger partial charge in [-0.3, -0.25) is 9.20 Å². The number of rotatable bonds is 5. The molecule has 0 saturated carbocycles. The molecule has 3 aromatic rings. The van der Waals surface area contributed by atoms with E-state index in [-0.39, 0.29) is 17.4 Å². The van der Waals surface area contributed by atoms with Crippen LogP contribution in [0.4, 0.5) is 5.82 Å². The molecule has 3 aromatic heterocycles. The van der Waals surface area contributed by atoms with Crippen molar-refractivity contribution in [2.45, 2.75) is 11.7 Å². The van der Waals surface area contributed by atoms with Crippen LogP contribution in [0, 0.1) is 0 Å². The molecule has 1 amide bonds. The van der Waals surface area contributed by atoms with Gasteiger partial charge in [-0.15, -0.1) is 0 Å². The lowest BCUT2D eigenvalue weighted by atomic mass is 10.2. The first-order valence-corrected chi connectivity index (χ1v) is 9.74. The minimum atomic E-state index is -3.57. The van der Waals surface area contributed by atoms with Crippen LogP contribution in [0.5, 0.6) is 0 Å². The van der Waals surface area contributed by atoms with Crippen LogP contribution in [0.1, 0.15) is 16.1 Å². The molecule has 0 aliphatic heterocycles. The van der Waals surface area contributed by atoms with Crippen LogP contribution in [0.15, 0.2) is 47.9 Å². The molecular formula is C17H19N5O3S. The summed E-state index contributed by atoms with van der Waals surface area (Å²) in [6, 6.07) is 8.74. The minimum absolute atomic E-state index is 0.0707. The Balaban J connectivity index is 1.92. The number of fused-ring (bicyclic) bond motifs is 1. The van der Waals surface area contributed by atoms with Crippen LogP contribution in [-0.4, -0.2) is 49.0 Å². The quantitative estimate of drug-likeness (QED) is 0.720. The molecular weight excluding hydrogens is 354 g/mol. The predicted molar refractivity (Wildman–Crippen MR) is 98.0 cm³/mol.